The van der Waals surface area contributed by atoms with E-state index in [0.717, 1.165) is 6.54 Å². The van der Waals surface area contributed by atoms with Gasteiger partial charge in [0.15, 0.2) is 0 Å². The van der Waals surface area contributed by atoms with Crippen LogP contribution in [-0.4, -0.2) is 41.6 Å². The Bertz CT molecular complexity index is 314. The molecule has 0 spiro atoms. The maximum Gasteiger partial charge on any atom is 0.0472 e. The highest BCUT2D eigenvalue weighted by molar-refractivity contribution is 7.99. The predicted molar refractivity (Wildman–Crippen MR) is 86.7 cm³/mol. The lowest BCUT2D eigenvalue weighted by Crippen LogP contribution is -2.66. The smallest absolute Gasteiger partial charge is 0.0472 e. The summed E-state index contributed by atoms with van der Waals surface area (Å²) in [6.45, 7) is 13.0. The van der Waals surface area contributed by atoms with Crippen LogP contribution in [0.2, 0.25) is 0 Å². The van der Waals surface area contributed by atoms with E-state index in [2.05, 4.69) is 44.4 Å². The Balaban J connectivity index is 2.20. The fraction of sp³-hybridized carbons (Fsp3) is 1.00. The van der Waals surface area contributed by atoms with E-state index in [9.17, 15) is 0 Å². The van der Waals surface area contributed by atoms with Crippen molar-refractivity contribution in [3.05, 3.63) is 0 Å². The van der Waals surface area contributed by atoms with Crippen LogP contribution in [0.5, 0.6) is 0 Å². The Morgan fingerprint density at radius 2 is 1.79 bits per heavy atom. The Kier molecular flexibility index (Phi) is 4.59. The Hall–Kier alpha value is 0.270. The minimum Gasteiger partial charge on any atom is -0.329 e. The first kappa shape index (κ1) is 15.7. The van der Waals surface area contributed by atoms with Crippen LogP contribution in [0.1, 0.15) is 53.4 Å². The average Bonchev–Trinajstić information content (AvgIpc) is 2.51. The molecule has 0 aromatic heterocycles. The maximum absolute atomic E-state index is 6.31. The quantitative estimate of drug-likeness (QED) is 0.843. The van der Waals surface area contributed by atoms with Crippen molar-refractivity contribution in [3.63, 3.8) is 0 Å². The molecule has 19 heavy (non-hydrogen) atoms. The van der Waals surface area contributed by atoms with E-state index in [1.807, 2.05) is 0 Å². The summed E-state index contributed by atoms with van der Waals surface area (Å²) in [7, 11) is 0. The predicted octanol–water partition coefficient (Wildman–Crippen LogP) is 3.36. The van der Waals surface area contributed by atoms with E-state index in [1.54, 1.807) is 0 Å². The molecule has 2 heterocycles. The average molecular weight is 285 g/mol. The highest BCUT2D eigenvalue weighted by Crippen LogP contribution is 2.47. The van der Waals surface area contributed by atoms with Crippen LogP contribution in [0, 0.1) is 10.8 Å². The van der Waals surface area contributed by atoms with Gasteiger partial charge in [-0.1, -0.05) is 27.7 Å². The first-order valence-corrected chi connectivity index (χ1v) is 9.01. The second-order valence-electron chi connectivity index (χ2n) is 7.93. The molecule has 2 saturated heterocycles. The molecule has 1 atom stereocenters. The number of nitrogens with zero attached hydrogens (tertiary/aromatic N) is 1. The molecule has 1 unspecified atom stereocenters. The zero-order valence-corrected chi connectivity index (χ0v) is 14.1. The lowest BCUT2D eigenvalue weighted by atomic mass is 9.69. The van der Waals surface area contributed by atoms with Crippen LogP contribution in [-0.2, 0) is 0 Å². The van der Waals surface area contributed by atoms with Gasteiger partial charge in [-0.3, -0.25) is 4.90 Å². The van der Waals surface area contributed by atoms with Gasteiger partial charge in [-0.15, -0.1) is 0 Å². The van der Waals surface area contributed by atoms with E-state index in [-0.39, 0.29) is 5.54 Å². The van der Waals surface area contributed by atoms with Gasteiger partial charge in [0.05, 0.1) is 0 Å². The van der Waals surface area contributed by atoms with Crippen molar-refractivity contribution in [2.24, 2.45) is 16.6 Å². The zero-order valence-electron chi connectivity index (χ0n) is 13.3. The van der Waals surface area contributed by atoms with E-state index >= 15 is 0 Å². The molecule has 0 aliphatic carbocycles. The van der Waals surface area contributed by atoms with E-state index in [1.165, 1.54) is 50.3 Å². The third kappa shape index (κ3) is 2.98. The maximum atomic E-state index is 6.31. The second kappa shape index (κ2) is 5.57. The summed E-state index contributed by atoms with van der Waals surface area (Å²) in [6.07, 6.45) is 5.30. The molecule has 0 radical (unpaired) electrons. The van der Waals surface area contributed by atoms with Gasteiger partial charge in [-0.25, -0.2) is 0 Å². The van der Waals surface area contributed by atoms with Crippen LogP contribution < -0.4 is 5.73 Å². The number of hydrogen-bond donors (Lipinski definition) is 1. The third-order valence-electron chi connectivity index (χ3n) is 5.76. The molecule has 0 aromatic rings. The van der Waals surface area contributed by atoms with Gasteiger partial charge in [-0.05, 0) is 55.4 Å². The number of rotatable bonds is 2. The van der Waals surface area contributed by atoms with Crippen LogP contribution >= 0.6 is 11.8 Å². The standard InChI is InChI=1S/C16H32N2S/c1-14(2)6-5-9-18(10-7-14)16(12-17)13-19-11-8-15(16,3)4/h5-13,17H2,1-4H3. The molecule has 112 valence electrons. The summed E-state index contributed by atoms with van der Waals surface area (Å²) in [6, 6.07) is 0. The van der Waals surface area contributed by atoms with Crippen molar-refractivity contribution in [1.29, 1.82) is 0 Å². The Morgan fingerprint density at radius 1 is 1.05 bits per heavy atom. The molecule has 2 rings (SSSR count). The molecule has 0 amide bonds. The highest BCUT2D eigenvalue weighted by Gasteiger charge is 2.50. The molecule has 0 aromatic carbocycles. The van der Waals surface area contributed by atoms with Crippen molar-refractivity contribution in [2.45, 2.75) is 58.9 Å². The van der Waals surface area contributed by atoms with E-state index < -0.39 is 0 Å². The molecular formula is C16H32N2S. The number of thioether (sulfide) groups is 1. The fourth-order valence-corrected chi connectivity index (χ4v) is 5.66. The first-order valence-electron chi connectivity index (χ1n) is 7.86. The SMILES string of the molecule is CC1(C)CCCN(C2(CN)CSCCC2(C)C)CC1. The lowest BCUT2D eigenvalue weighted by Gasteiger charge is -2.55. The monoisotopic (exact) mass is 284 g/mol. The van der Waals surface area contributed by atoms with Crippen LogP contribution in [0.25, 0.3) is 0 Å². The molecule has 2 aliphatic heterocycles. The third-order valence-corrected chi connectivity index (χ3v) is 6.93. The minimum atomic E-state index is 0.219. The number of likely N-dealkylation sites (tertiary alicyclic amines) is 1. The molecule has 2 N–H and O–H groups in total. The van der Waals surface area contributed by atoms with Crippen molar-refractivity contribution < 1.29 is 0 Å². The summed E-state index contributed by atoms with van der Waals surface area (Å²) >= 11 is 2.11. The van der Waals surface area contributed by atoms with Gasteiger partial charge in [0.2, 0.25) is 0 Å². The van der Waals surface area contributed by atoms with Gasteiger partial charge in [0, 0.05) is 17.8 Å². The van der Waals surface area contributed by atoms with Crippen LogP contribution in [0.4, 0.5) is 0 Å². The minimum absolute atomic E-state index is 0.219. The van der Waals surface area contributed by atoms with Crippen molar-refractivity contribution >= 4 is 11.8 Å². The molecule has 2 nitrogen and oxygen atoms in total. The Morgan fingerprint density at radius 3 is 2.42 bits per heavy atom. The van der Waals surface area contributed by atoms with Crippen molar-refractivity contribution in [2.75, 3.05) is 31.1 Å². The fourth-order valence-electron chi connectivity index (χ4n) is 3.83. The molecular weight excluding hydrogens is 252 g/mol. The van der Waals surface area contributed by atoms with Gasteiger partial charge in [0.25, 0.3) is 0 Å². The summed E-state index contributed by atoms with van der Waals surface area (Å²) in [5.74, 6) is 2.52. The normalized spacial score (nSPS) is 35.8. The van der Waals surface area contributed by atoms with Crippen LogP contribution in [0.15, 0.2) is 0 Å². The summed E-state index contributed by atoms with van der Waals surface area (Å²) < 4.78 is 0. The molecule has 2 fully saturated rings. The summed E-state index contributed by atoms with van der Waals surface area (Å²) in [5.41, 5.74) is 7.39. The topological polar surface area (TPSA) is 29.3 Å². The van der Waals surface area contributed by atoms with Crippen molar-refractivity contribution in [3.8, 4) is 0 Å². The van der Waals surface area contributed by atoms with Gasteiger partial charge in [0.1, 0.15) is 0 Å². The second-order valence-corrected chi connectivity index (χ2v) is 9.03. The summed E-state index contributed by atoms with van der Waals surface area (Å²) in [5, 5.41) is 0. The van der Waals surface area contributed by atoms with Gasteiger partial charge in [-0.2, -0.15) is 11.8 Å². The zero-order chi connectivity index (χ0) is 14.1. The molecule has 0 bridgehead atoms. The molecule has 2 aliphatic rings. The number of hydrogen-bond acceptors (Lipinski definition) is 3. The molecule has 3 heteroatoms. The largest absolute Gasteiger partial charge is 0.329 e. The molecule has 0 saturated carbocycles. The number of nitrogens with two attached hydrogens (primary N) is 1. The highest BCUT2D eigenvalue weighted by atomic mass is 32.2. The van der Waals surface area contributed by atoms with E-state index in [0.29, 0.717) is 10.8 Å². The van der Waals surface area contributed by atoms with Crippen LogP contribution in [0.3, 0.4) is 0 Å². The van der Waals surface area contributed by atoms with Gasteiger partial charge < -0.3 is 5.73 Å². The lowest BCUT2D eigenvalue weighted by molar-refractivity contribution is 0.00198. The van der Waals surface area contributed by atoms with Gasteiger partial charge >= 0.3 is 0 Å². The van der Waals surface area contributed by atoms with E-state index in [4.69, 9.17) is 5.73 Å². The Labute approximate surface area is 123 Å². The van der Waals surface area contributed by atoms with Crippen molar-refractivity contribution in [1.82, 2.24) is 4.90 Å². The summed E-state index contributed by atoms with van der Waals surface area (Å²) in [4.78, 5) is 2.76. The first-order chi connectivity index (χ1) is 8.83.